The second-order valence-electron chi connectivity index (χ2n) is 3.64. The molecule has 0 aliphatic rings. The van der Waals surface area contributed by atoms with Gasteiger partial charge in [-0.1, -0.05) is 11.3 Å². The van der Waals surface area contributed by atoms with Crippen molar-refractivity contribution in [2.45, 2.75) is 20.8 Å². The smallest absolute Gasteiger partial charge is 0.181 e. The number of anilines is 1. The Morgan fingerprint density at radius 2 is 1.80 bits per heavy atom. The van der Waals surface area contributed by atoms with Crippen LogP contribution in [0.1, 0.15) is 16.7 Å². The number of hydrogen-bond donors (Lipinski definition) is 1. The lowest BCUT2D eigenvalue weighted by molar-refractivity contribution is 0.415. The number of rotatable bonds is 1. The topological polar surface area (TPSA) is 48.1 Å². The zero-order chi connectivity index (χ0) is 11.2. The largest absolute Gasteiger partial charge is 0.494 e. The number of nitrogens with zero attached hydrogens (tertiary/aromatic N) is 1. The van der Waals surface area contributed by atoms with E-state index in [-0.39, 0.29) is 0 Å². The molecule has 1 aromatic heterocycles. The van der Waals surface area contributed by atoms with Gasteiger partial charge in [-0.05, 0) is 37.5 Å². The average molecular weight is 222 g/mol. The minimum atomic E-state index is 0.594. The number of nitrogen functional groups attached to an aromatic ring is 1. The van der Waals surface area contributed by atoms with E-state index >= 15 is 0 Å². The van der Waals surface area contributed by atoms with Crippen LogP contribution in [0.3, 0.4) is 0 Å². The van der Waals surface area contributed by atoms with Crippen LogP contribution in [0.5, 0.6) is 5.75 Å². The van der Waals surface area contributed by atoms with Crippen molar-refractivity contribution in [2.24, 2.45) is 0 Å². The molecule has 3 nitrogen and oxygen atoms in total. The van der Waals surface area contributed by atoms with Crippen molar-refractivity contribution in [1.29, 1.82) is 0 Å². The summed E-state index contributed by atoms with van der Waals surface area (Å²) < 4.78 is 6.53. The molecule has 0 saturated heterocycles. The summed E-state index contributed by atoms with van der Waals surface area (Å²) in [7, 11) is 1.67. The number of hydrogen-bond acceptors (Lipinski definition) is 4. The highest BCUT2D eigenvalue weighted by Crippen LogP contribution is 2.38. The van der Waals surface area contributed by atoms with Crippen LogP contribution in [0.15, 0.2) is 0 Å². The molecule has 0 unspecified atom stereocenters. The molecule has 0 aliphatic carbocycles. The zero-order valence-corrected chi connectivity index (χ0v) is 10.2. The third-order valence-corrected chi connectivity index (χ3v) is 3.87. The Bertz CT molecular complexity index is 531. The van der Waals surface area contributed by atoms with Gasteiger partial charge in [-0.3, -0.25) is 0 Å². The summed E-state index contributed by atoms with van der Waals surface area (Å²) in [4.78, 5) is 4.32. The molecule has 0 radical (unpaired) electrons. The fourth-order valence-corrected chi connectivity index (χ4v) is 2.68. The van der Waals surface area contributed by atoms with E-state index < -0.39 is 0 Å². The van der Waals surface area contributed by atoms with Gasteiger partial charge < -0.3 is 10.5 Å². The van der Waals surface area contributed by atoms with Crippen LogP contribution >= 0.6 is 11.3 Å². The maximum Gasteiger partial charge on any atom is 0.181 e. The SMILES string of the molecule is COc1c(C)c(C)c(C)c2sc(N)nc12. The van der Waals surface area contributed by atoms with Gasteiger partial charge in [0.2, 0.25) is 0 Å². The Morgan fingerprint density at radius 1 is 1.13 bits per heavy atom. The first-order valence-corrected chi connectivity index (χ1v) is 5.57. The Labute approximate surface area is 92.9 Å². The average Bonchev–Trinajstić information content (AvgIpc) is 2.58. The van der Waals surface area contributed by atoms with Crippen LogP contribution in [0.2, 0.25) is 0 Å². The number of aromatic nitrogens is 1. The Morgan fingerprint density at radius 3 is 2.40 bits per heavy atom. The minimum Gasteiger partial charge on any atom is -0.494 e. The van der Waals surface area contributed by atoms with Gasteiger partial charge in [-0.15, -0.1) is 0 Å². The molecule has 2 N–H and O–H groups in total. The standard InChI is InChI=1S/C11H14N2OS/c1-5-6(2)9(14-4)8-10(7(5)3)15-11(12)13-8/h1-4H3,(H2,12,13). The maximum atomic E-state index is 5.74. The van der Waals surface area contributed by atoms with Gasteiger partial charge in [0.05, 0.1) is 11.8 Å². The monoisotopic (exact) mass is 222 g/mol. The van der Waals surface area contributed by atoms with Gasteiger partial charge in [0, 0.05) is 0 Å². The lowest BCUT2D eigenvalue weighted by atomic mass is 10.0. The third-order valence-electron chi connectivity index (χ3n) is 2.87. The molecule has 0 amide bonds. The first kappa shape index (κ1) is 10.2. The normalized spacial score (nSPS) is 10.9. The van der Waals surface area contributed by atoms with E-state index in [1.54, 1.807) is 7.11 Å². The highest BCUT2D eigenvalue weighted by atomic mass is 32.1. The van der Waals surface area contributed by atoms with Crippen LogP contribution in [0.25, 0.3) is 10.2 Å². The third kappa shape index (κ3) is 1.36. The molecular formula is C11H14N2OS. The highest BCUT2D eigenvalue weighted by molar-refractivity contribution is 7.22. The molecule has 0 spiro atoms. The molecule has 4 heteroatoms. The van der Waals surface area contributed by atoms with Crippen molar-refractivity contribution in [2.75, 3.05) is 12.8 Å². The van der Waals surface area contributed by atoms with Gasteiger partial charge >= 0.3 is 0 Å². The molecule has 0 bridgehead atoms. The fraction of sp³-hybridized carbons (Fsp3) is 0.364. The molecule has 1 aromatic carbocycles. The van der Waals surface area contributed by atoms with Crippen LogP contribution in [-0.4, -0.2) is 12.1 Å². The molecule has 0 saturated carbocycles. The Kier molecular flexibility index (Phi) is 2.31. The quantitative estimate of drug-likeness (QED) is 0.807. The zero-order valence-electron chi connectivity index (χ0n) is 9.34. The van der Waals surface area contributed by atoms with E-state index in [2.05, 4.69) is 25.8 Å². The first-order chi connectivity index (χ1) is 7.06. The van der Waals surface area contributed by atoms with Crippen LogP contribution in [0.4, 0.5) is 5.13 Å². The Balaban J connectivity index is 2.96. The number of nitrogens with two attached hydrogens (primary N) is 1. The second kappa shape index (κ2) is 3.38. The van der Waals surface area contributed by atoms with Gasteiger partial charge in [0.1, 0.15) is 11.3 Å². The van der Waals surface area contributed by atoms with Crippen molar-refractivity contribution in [1.82, 2.24) is 4.98 Å². The summed E-state index contributed by atoms with van der Waals surface area (Å²) >= 11 is 1.52. The first-order valence-electron chi connectivity index (χ1n) is 4.76. The predicted molar refractivity (Wildman–Crippen MR) is 64.8 cm³/mol. The van der Waals surface area contributed by atoms with Gasteiger partial charge in [0.25, 0.3) is 0 Å². The summed E-state index contributed by atoms with van der Waals surface area (Å²) in [5.74, 6) is 0.848. The molecule has 80 valence electrons. The number of aryl methyl sites for hydroxylation is 1. The summed E-state index contributed by atoms with van der Waals surface area (Å²) in [6.07, 6.45) is 0. The van der Waals surface area contributed by atoms with Crippen molar-refractivity contribution in [3.05, 3.63) is 16.7 Å². The summed E-state index contributed by atoms with van der Waals surface area (Å²) in [6, 6.07) is 0. The molecule has 0 aliphatic heterocycles. The van der Waals surface area contributed by atoms with Gasteiger partial charge in [-0.25, -0.2) is 4.98 Å². The summed E-state index contributed by atoms with van der Waals surface area (Å²) in [5, 5.41) is 0.594. The number of fused-ring (bicyclic) bond motifs is 1. The van der Waals surface area contributed by atoms with Crippen molar-refractivity contribution < 1.29 is 4.74 Å². The van der Waals surface area contributed by atoms with Crippen molar-refractivity contribution >= 4 is 26.7 Å². The molecule has 2 rings (SSSR count). The van der Waals surface area contributed by atoms with Crippen LogP contribution < -0.4 is 10.5 Å². The maximum absolute atomic E-state index is 5.74. The lowest BCUT2D eigenvalue weighted by Crippen LogP contribution is -1.94. The van der Waals surface area contributed by atoms with Gasteiger partial charge in [0.15, 0.2) is 5.13 Å². The van der Waals surface area contributed by atoms with Crippen molar-refractivity contribution in [3.63, 3.8) is 0 Å². The summed E-state index contributed by atoms with van der Waals surface area (Å²) in [6.45, 7) is 6.25. The molecule has 15 heavy (non-hydrogen) atoms. The molecule has 0 atom stereocenters. The number of methoxy groups -OCH3 is 1. The van der Waals surface area contributed by atoms with E-state index in [0.29, 0.717) is 5.13 Å². The lowest BCUT2D eigenvalue weighted by Gasteiger charge is -2.11. The second-order valence-corrected chi connectivity index (χ2v) is 4.67. The van der Waals surface area contributed by atoms with E-state index in [0.717, 1.165) is 21.5 Å². The van der Waals surface area contributed by atoms with Crippen molar-refractivity contribution in [3.8, 4) is 5.75 Å². The van der Waals surface area contributed by atoms with Crippen LogP contribution in [0, 0.1) is 20.8 Å². The number of benzene rings is 1. The minimum absolute atomic E-state index is 0.594. The Hall–Kier alpha value is -1.29. The van der Waals surface area contributed by atoms with E-state index in [4.69, 9.17) is 10.5 Å². The highest BCUT2D eigenvalue weighted by Gasteiger charge is 2.15. The molecule has 0 fully saturated rings. The predicted octanol–water partition coefficient (Wildman–Crippen LogP) is 2.81. The number of ether oxygens (including phenoxy) is 1. The molecule has 2 aromatic rings. The van der Waals surface area contributed by atoms with E-state index in [1.165, 1.54) is 22.5 Å². The van der Waals surface area contributed by atoms with Gasteiger partial charge in [-0.2, -0.15) is 0 Å². The summed E-state index contributed by atoms with van der Waals surface area (Å²) in [5.41, 5.74) is 10.3. The van der Waals surface area contributed by atoms with Crippen LogP contribution in [-0.2, 0) is 0 Å². The molecule has 1 heterocycles. The number of thiazole rings is 1. The molecular weight excluding hydrogens is 208 g/mol. The fourth-order valence-electron chi connectivity index (χ4n) is 1.79. The van der Waals surface area contributed by atoms with E-state index in [1.807, 2.05) is 0 Å². The van der Waals surface area contributed by atoms with E-state index in [9.17, 15) is 0 Å².